The lowest BCUT2D eigenvalue weighted by atomic mass is 9.85. The maximum Gasteiger partial charge on any atom is 0.325 e. The average molecular weight is 391 g/mol. The lowest BCUT2D eigenvalue weighted by Gasteiger charge is -2.32. The molecule has 1 N–H and O–H groups in total. The number of unbranched alkanes of at least 4 members (excludes halogenated alkanes) is 1. The molecule has 1 aromatic rings. The zero-order valence-corrected chi connectivity index (χ0v) is 17.3. The zero-order valence-electron chi connectivity index (χ0n) is 17.3. The smallest absolute Gasteiger partial charge is 0.325 e. The number of benzene rings is 1. The summed E-state index contributed by atoms with van der Waals surface area (Å²) >= 11 is 0. The molecule has 1 unspecified atom stereocenters. The number of hydrogen-bond donors (Lipinski definition) is 1. The van der Waals surface area contributed by atoms with Gasteiger partial charge in [-0.2, -0.15) is 0 Å². The molecule has 0 aliphatic carbocycles. The highest BCUT2D eigenvalue weighted by Crippen LogP contribution is 2.34. The number of carbonyl (C=O) groups is 3. The average Bonchev–Trinajstić information content (AvgIpc) is 2.85. The minimum atomic E-state index is -1.26. The molecule has 1 atom stereocenters. The maximum atomic E-state index is 13.4. The number of imide groups is 1. The van der Waals surface area contributed by atoms with Crippen LogP contribution in [0.25, 0.3) is 0 Å². The first-order valence-electron chi connectivity index (χ1n) is 9.85. The highest BCUT2D eigenvalue weighted by molar-refractivity contribution is 6.09. The Morgan fingerprint density at radius 2 is 1.71 bits per heavy atom. The minimum Gasteiger partial charge on any atom is -0.336 e. The van der Waals surface area contributed by atoms with Crippen molar-refractivity contribution in [3.8, 4) is 0 Å². The van der Waals surface area contributed by atoms with Crippen LogP contribution < -0.4 is 5.32 Å². The van der Waals surface area contributed by atoms with E-state index in [1.165, 1.54) is 24.3 Å². The van der Waals surface area contributed by atoms with E-state index < -0.39 is 23.3 Å². The van der Waals surface area contributed by atoms with Gasteiger partial charge in [-0.3, -0.25) is 14.5 Å². The van der Waals surface area contributed by atoms with Crippen LogP contribution in [0.2, 0.25) is 0 Å². The Hall–Kier alpha value is -2.44. The molecule has 1 aliphatic heterocycles. The van der Waals surface area contributed by atoms with Crippen molar-refractivity contribution < 1.29 is 18.8 Å². The first-order valence-corrected chi connectivity index (χ1v) is 9.85. The van der Waals surface area contributed by atoms with Crippen LogP contribution in [0.3, 0.4) is 0 Å². The second kappa shape index (κ2) is 8.71. The van der Waals surface area contributed by atoms with Crippen LogP contribution in [0, 0.1) is 5.82 Å². The van der Waals surface area contributed by atoms with Crippen LogP contribution >= 0.6 is 0 Å². The van der Waals surface area contributed by atoms with Gasteiger partial charge in [0.25, 0.3) is 5.91 Å². The van der Waals surface area contributed by atoms with E-state index in [2.05, 4.69) is 5.32 Å². The Kier molecular flexibility index (Phi) is 6.80. The lowest BCUT2D eigenvalue weighted by Crippen LogP contribution is -2.49. The van der Waals surface area contributed by atoms with Gasteiger partial charge >= 0.3 is 6.03 Å². The molecule has 154 valence electrons. The van der Waals surface area contributed by atoms with Crippen molar-refractivity contribution in [1.29, 1.82) is 0 Å². The molecule has 1 aliphatic rings. The summed E-state index contributed by atoms with van der Waals surface area (Å²) in [7, 11) is 0. The molecule has 4 amide bonds. The monoisotopic (exact) mass is 391 g/mol. The zero-order chi connectivity index (χ0) is 21.1. The van der Waals surface area contributed by atoms with Crippen molar-refractivity contribution in [3.05, 3.63) is 35.6 Å². The second-order valence-corrected chi connectivity index (χ2v) is 7.83. The molecule has 1 saturated heterocycles. The van der Waals surface area contributed by atoms with Crippen molar-refractivity contribution in [2.45, 2.75) is 71.5 Å². The van der Waals surface area contributed by atoms with Gasteiger partial charge in [-0.1, -0.05) is 31.9 Å². The normalized spacial score (nSPS) is 19.5. The molecule has 1 heterocycles. The Labute approximate surface area is 166 Å². The molecule has 2 rings (SSSR count). The molecule has 28 heavy (non-hydrogen) atoms. The fourth-order valence-electron chi connectivity index (χ4n) is 3.84. The lowest BCUT2D eigenvalue weighted by molar-refractivity contribution is -0.141. The van der Waals surface area contributed by atoms with Crippen LogP contribution in [0.1, 0.15) is 59.4 Å². The van der Waals surface area contributed by atoms with Crippen LogP contribution in [0.4, 0.5) is 9.18 Å². The number of halogens is 1. The van der Waals surface area contributed by atoms with Crippen molar-refractivity contribution in [2.24, 2.45) is 0 Å². The number of urea groups is 1. The third kappa shape index (κ3) is 4.18. The SMILES string of the molecule is CCCCC1(c2ccc(F)cc2)NC(=O)N(CC(=O)N(C(C)C)C(C)C)C1=O. The van der Waals surface area contributed by atoms with Gasteiger partial charge < -0.3 is 10.2 Å². The number of rotatable bonds is 8. The molecule has 1 fully saturated rings. The van der Waals surface area contributed by atoms with Crippen molar-refractivity contribution >= 4 is 17.8 Å². The Morgan fingerprint density at radius 3 is 2.21 bits per heavy atom. The molecule has 0 saturated carbocycles. The summed E-state index contributed by atoms with van der Waals surface area (Å²) in [5.74, 6) is -1.15. The van der Waals surface area contributed by atoms with E-state index in [9.17, 15) is 18.8 Å². The topological polar surface area (TPSA) is 69.7 Å². The summed E-state index contributed by atoms with van der Waals surface area (Å²) in [6.07, 6.45) is 1.93. The Morgan fingerprint density at radius 1 is 1.14 bits per heavy atom. The van der Waals surface area contributed by atoms with Crippen LogP contribution in [-0.4, -0.2) is 46.3 Å². The quantitative estimate of drug-likeness (QED) is 0.691. The van der Waals surface area contributed by atoms with Gasteiger partial charge in [0.2, 0.25) is 5.91 Å². The van der Waals surface area contributed by atoms with Crippen molar-refractivity contribution in [2.75, 3.05) is 6.54 Å². The molecule has 0 bridgehead atoms. The van der Waals surface area contributed by atoms with Crippen LogP contribution in [0.15, 0.2) is 24.3 Å². The molecule has 7 heteroatoms. The van der Waals surface area contributed by atoms with Gasteiger partial charge in [0.1, 0.15) is 17.9 Å². The molecular weight excluding hydrogens is 361 g/mol. The van der Waals surface area contributed by atoms with E-state index in [0.717, 1.165) is 11.3 Å². The Bertz CT molecular complexity index is 725. The van der Waals surface area contributed by atoms with Crippen molar-refractivity contribution in [3.63, 3.8) is 0 Å². The highest BCUT2D eigenvalue weighted by Gasteiger charge is 2.52. The first kappa shape index (κ1) is 21.9. The van der Waals surface area contributed by atoms with Gasteiger partial charge in [-0.05, 0) is 51.8 Å². The Balaban J connectivity index is 2.34. The summed E-state index contributed by atoms with van der Waals surface area (Å²) in [4.78, 5) is 41.4. The maximum absolute atomic E-state index is 13.4. The second-order valence-electron chi connectivity index (χ2n) is 7.83. The molecule has 1 aromatic carbocycles. The molecule has 0 aromatic heterocycles. The molecule has 0 spiro atoms. The highest BCUT2D eigenvalue weighted by atomic mass is 19.1. The number of nitrogens with zero attached hydrogens (tertiary/aromatic N) is 2. The summed E-state index contributed by atoms with van der Waals surface area (Å²) in [5, 5.41) is 2.78. The number of amides is 4. The summed E-state index contributed by atoms with van der Waals surface area (Å²) in [6.45, 7) is 9.27. The van der Waals surface area contributed by atoms with E-state index >= 15 is 0 Å². The van der Waals surface area contributed by atoms with Gasteiger partial charge in [-0.25, -0.2) is 9.18 Å². The molecule has 0 radical (unpaired) electrons. The van der Waals surface area contributed by atoms with E-state index in [4.69, 9.17) is 0 Å². The van der Waals surface area contributed by atoms with Gasteiger partial charge in [0.15, 0.2) is 0 Å². The summed E-state index contributed by atoms with van der Waals surface area (Å²) in [5.41, 5.74) is -0.734. The third-order valence-electron chi connectivity index (χ3n) is 5.11. The standard InChI is InChI=1S/C21H30FN3O3/c1-6-7-12-21(16-8-10-17(22)11-9-16)19(27)24(20(28)23-21)13-18(26)25(14(2)3)15(4)5/h8-11,14-15H,6-7,12-13H2,1-5H3,(H,23,28). The minimum absolute atomic E-state index is 0.0461. The van der Waals surface area contributed by atoms with E-state index in [-0.39, 0.29) is 24.5 Å². The van der Waals surface area contributed by atoms with Gasteiger partial charge in [-0.15, -0.1) is 0 Å². The van der Waals surface area contributed by atoms with Crippen LogP contribution in [-0.2, 0) is 15.1 Å². The summed E-state index contributed by atoms with van der Waals surface area (Å²) < 4.78 is 13.4. The molecular formula is C21H30FN3O3. The summed E-state index contributed by atoms with van der Waals surface area (Å²) in [6, 6.07) is 4.90. The number of nitrogens with one attached hydrogen (secondary N) is 1. The molecule has 6 nitrogen and oxygen atoms in total. The first-order chi connectivity index (χ1) is 13.1. The number of carbonyl (C=O) groups excluding carboxylic acids is 3. The van der Waals surface area contributed by atoms with Gasteiger partial charge in [0.05, 0.1) is 0 Å². The van der Waals surface area contributed by atoms with E-state index in [0.29, 0.717) is 18.4 Å². The van der Waals surface area contributed by atoms with Crippen molar-refractivity contribution in [1.82, 2.24) is 15.1 Å². The van der Waals surface area contributed by atoms with E-state index in [1.54, 1.807) is 4.90 Å². The largest absolute Gasteiger partial charge is 0.336 e. The van der Waals surface area contributed by atoms with Gasteiger partial charge in [0, 0.05) is 12.1 Å². The predicted molar refractivity (Wildman–Crippen MR) is 105 cm³/mol. The van der Waals surface area contributed by atoms with Crippen LogP contribution in [0.5, 0.6) is 0 Å². The van der Waals surface area contributed by atoms with E-state index in [1.807, 2.05) is 34.6 Å². The third-order valence-corrected chi connectivity index (χ3v) is 5.11. The fraction of sp³-hybridized carbons (Fsp3) is 0.571. The predicted octanol–water partition coefficient (Wildman–Crippen LogP) is 3.41. The number of hydrogen-bond acceptors (Lipinski definition) is 3. The fourth-order valence-corrected chi connectivity index (χ4v) is 3.84.